The molecule has 0 aliphatic carbocycles. The van der Waals surface area contributed by atoms with Crippen molar-refractivity contribution in [2.75, 3.05) is 6.54 Å². The molecule has 1 aromatic heterocycles. The molecular formula is C19H18ClFN4OS. The summed E-state index contributed by atoms with van der Waals surface area (Å²) in [5.41, 5.74) is 1.14. The van der Waals surface area contributed by atoms with Gasteiger partial charge in [-0.2, -0.15) is 0 Å². The molecule has 140 valence electrons. The van der Waals surface area contributed by atoms with Crippen LogP contribution >= 0.6 is 23.4 Å². The maximum atomic E-state index is 13.6. The number of nitrogens with one attached hydrogen (secondary N) is 1. The smallest absolute Gasteiger partial charge is 0.254 e. The zero-order valence-electron chi connectivity index (χ0n) is 14.7. The van der Waals surface area contributed by atoms with Crippen molar-refractivity contribution < 1.29 is 9.18 Å². The second-order valence-corrected chi connectivity index (χ2v) is 7.24. The number of carbonyl (C=O) groups is 1. The highest BCUT2D eigenvalue weighted by Crippen LogP contribution is 2.22. The lowest BCUT2D eigenvalue weighted by Crippen LogP contribution is -2.27. The topological polar surface area (TPSA) is 59.8 Å². The minimum atomic E-state index is -0.534. The first kappa shape index (κ1) is 19.4. The highest BCUT2D eigenvalue weighted by molar-refractivity contribution is 7.98. The number of benzene rings is 2. The number of amides is 1. The Labute approximate surface area is 166 Å². The van der Waals surface area contributed by atoms with Gasteiger partial charge in [-0.3, -0.25) is 4.79 Å². The third-order valence-electron chi connectivity index (χ3n) is 3.93. The van der Waals surface area contributed by atoms with Gasteiger partial charge in [0.1, 0.15) is 11.6 Å². The van der Waals surface area contributed by atoms with E-state index in [1.807, 2.05) is 35.9 Å². The molecule has 0 saturated carbocycles. The van der Waals surface area contributed by atoms with Crippen LogP contribution in [0.2, 0.25) is 5.02 Å². The molecule has 0 radical (unpaired) electrons. The van der Waals surface area contributed by atoms with Crippen molar-refractivity contribution in [2.24, 2.45) is 7.05 Å². The zero-order chi connectivity index (χ0) is 19.2. The van der Waals surface area contributed by atoms with E-state index in [0.29, 0.717) is 18.0 Å². The molecule has 8 heteroatoms. The van der Waals surface area contributed by atoms with Crippen LogP contribution in [0, 0.1) is 5.82 Å². The van der Waals surface area contributed by atoms with Crippen molar-refractivity contribution in [1.29, 1.82) is 0 Å². The van der Waals surface area contributed by atoms with Crippen molar-refractivity contribution in [1.82, 2.24) is 20.1 Å². The SMILES string of the molecule is Cn1c(CCNC(=O)c2ccccc2F)nnc1SCc1cccc(Cl)c1. The first-order chi connectivity index (χ1) is 13.0. The van der Waals surface area contributed by atoms with Crippen LogP contribution in [0.25, 0.3) is 0 Å². The summed E-state index contributed by atoms with van der Waals surface area (Å²) >= 11 is 7.56. The molecule has 27 heavy (non-hydrogen) atoms. The van der Waals surface area contributed by atoms with Crippen LogP contribution in [0.1, 0.15) is 21.7 Å². The summed E-state index contributed by atoms with van der Waals surface area (Å²) in [4.78, 5) is 12.0. The Morgan fingerprint density at radius 3 is 2.81 bits per heavy atom. The van der Waals surface area contributed by atoms with E-state index in [1.165, 1.54) is 12.1 Å². The van der Waals surface area contributed by atoms with Crippen LogP contribution in [-0.4, -0.2) is 27.2 Å². The van der Waals surface area contributed by atoms with Gasteiger partial charge < -0.3 is 9.88 Å². The number of rotatable bonds is 7. The molecule has 1 amide bonds. The summed E-state index contributed by atoms with van der Waals surface area (Å²) in [6.07, 6.45) is 0.501. The molecule has 3 aromatic rings. The molecule has 0 unspecified atom stereocenters. The lowest BCUT2D eigenvalue weighted by Gasteiger charge is -2.07. The Morgan fingerprint density at radius 2 is 2.04 bits per heavy atom. The second-order valence-electron chi connectivity index (χ2n) is 5.86. The van der Waals surface area contributed by atoms with Crippen LogP contribution in [0.3, 0.4) is 0 Å². The molecule has 0 saturated heterocycles. The number of aromatic nitrogens is 3. The highest BCUT2D eigenvalue weighted by Gasteiger charge is 2.12. The van der Waals surface area contributed by atoms with Gasteiger partial charge in [0, 0.05) is 30.8 Å². The summed E-state index contributed by atoms with van der Waals surface area (Å²) in [6.45, 7) is 0.345. The predicted octanol–water partition coefficient (Wildman–Crippen LogP) is 3.87. The van der Waals surface area contributed by atoms with Gasteiger partial charge in [0.25, 0.3) is 5.91 Å². The van der Waals surface area contributed by atoms with Crippen molar-refractivity contribution in [3.05, 3.63) is 76.3 Å². The zero-order valence-corrected chi connectivity index (χ0v) is 16.2. The first-order valence-corrected chi connectivity index (χ1v) is 9.69. The Hall–Kier alpha value is -2.38. The van der Waals surface area contributed by atoms with E-state index in [2.05, 4.69) is 15.5 Å². The van der Waals surface area contributed by atoms with Crippen LogP contribution in [-0.2, 0) is 19.2 Å². The standard InChI is InChI=1S/C19H18ClFN4OS/c1-25-17(9-10-22-18(26)15-7-2-3-8-16(15)21)23-24-19(25)27-12-13-5-4-6-14(20)11-13/h2-8,11H,9-10,12H2,1H3,(H,22,26). The fourth-order valence-corrected chi connectivity index (χ4v) is 3.58. The maximum Gasteiger partial charge on any atom is 0.254 e. The van der Waals surface area contributed by atoms with Gasteiger partial charge in [-0.25, -0.2) is 4.39 Å². The Bertz CT molecular complexity index is 947. The van der Waals surface area contributed by atoms with Crippen LogP contribution in [0.4, 0.5) is 4.39 Å². The average Bonchev–Trinajstić information content (AvgIpc) is 3.00. The molecule has 0 atom stereocenters. The fourth-order valence-electron chi connectivity index (χ4n) is 2.49. The number of carbonyl (C=O) groups excluding carboxylic acids is 1. The van der Waals surface area contributed by atoms with Crippen LogP contribution in [0.15, 0.2) is 53.7 Å². The van der Waals surface area contributed by atoms with Gasteiger partial charge in [0.15, 0.2) is 5.16 Å². The van der Waals surface area contributed by atoms with Gasteiger partial charge in [0.05, 0.1) is 5.56 Å². The minimum Gasteiger partial charge on any atom is -0.351 e. The number of thioether (sulfide) groups is 1. The third kappa shape index (κ3) is 5.08. The molecule has 1 heterocycles. The van der Waals surface area contributed by atoms with Crippen LogP contribution < -0.4 is 5.32 Å². The summed E-state index contributed by atoms with van der Waals surface area (Å²) in [7, 11) is 1.88. The largest absolute Gasteiger partial charge is 0.351 e. The van der Waals surface area contributed by atoms with Gasteiger partial charge in [-0.1, -0.05) is 47.6 Å². The molecule has 5 nitrogen and oxygen atoms in total. The first-order valence-electron chi connectivity index (χ1n) is 8.33. The van der Waals surface area contributed by atoms with Crippen molar-refractivity contribution in [3.8, 4) is 0 Å². The molecule has 0 spiro atoms. The molecule has 0 aliphatic heterocycles. The van der Waals surface area contributed by atoms with Crippen LogP contribution in [0.5, 0.6) is 0 Å². The van der Waals surface area contributed by atoms with E-state index in [-0.39, 0.29) is 5.56 Å². The lowest BCUT2D eigenvalue weighted by molar-refractivity contribution is 0.0950. The molecular weight excluding hydrogens is 387 g/mol. The average molecular weight is 405 g/mol. The number of hydrogen-bond acceptors (Lipinski definition) is 4. The summed E-state index contributed by atoms with van der Waals surface area (Å²) < 4.78 is 15.5. The highest BCUT2D eigenvalue weighted by atomic mass is 35.5. The Kier molecular flexibility index (Phi) is 6.47. The van der Waals surface area contributed by atoms with Gasteiger partial charge in [0.2, 0.25) is 0 Å². The second kappa shape index (κ2) is 9.01. The number of halogens is 2. The monoisotopic (exact) mass is 404 g/mol. The molecule has 2 aromatic carbocycles. The van der Waals surface area contributed by atoms with Crippen molar-refractivity contribution in [2.45, 2.75) is 17.3 Å². The van der Waals surface area contributed by atoms with Gasteiger partial charge in [-0.05, 0) is 29.8 Å². The lowest BCUT2D eigenvalue weighted by atomic mass is 10.2. The molecule has 0 bridgehead atoms. The molecule has 0 aliphatic rings. The predicted molar refractivity (Wildman–Crippen MR) is 104 cm³/mol. The van der Waals surface area contributed by atoms with E-state index < -0.39 is 11.7 Å². The van der Waals surface area contributed by atoms with Crippen molar-refractivity contribution >= 4 is 29.3 Å². The van der Waals surface area contributed by atoms with E-state index in [1.54, 1.807) is 23.9 Å². The summed E-state index contributed by atoms with van der Waals surface area (Å²) in [5.74, 6) is 0.507. The molecule has 1 N–H and O–H groups in total. The molecule has 0 fully saturated rings. The minimum absolute atomic E-state index is 0.0354. The van der Waals surface area contributed by atoms with E-state index in [0.717, 1.165) is 22.3 Å². The molecule has 3 rings (SSSR count). The van der Waals surface area contributed by atoms with Crippen molar-refractivity contribution in [3.63, 3.8) is 0 Å². The van der Waals surface area contributed by atoms with E-state index >= 15 is 0 Å². The number of hydrogen-bond donors (Lipinski definition) is 1. The summed E-state index contributed by atoms with van der Waals surface area (Å²) in [6, 6.07) is 13.6. The van der Waals surface area contributed by atoms with E-state index in [4.69, 9.17) is 11.6 Å². The number of nitrogens with zero attached hydrogens (tertiary/aromatic N) is 3. The van der Waals surface area contributed by atoms with Gasteiger partial charge >= 0.3 is 0 Å². The van der Waals surface area contributed by atoms with Gasteiger partial charge in [-0.15, -0.1) is 10.2 Å². The van der Waals surface area contributed by atoms with E-state index in [9.17, 15) is 9.18 Å². The quantitative estimate of drug-likeness (QED) is 0.607. The maximum absolute atomic E-state index is 13.6. The Morgan fingerprint density at radius 1 is 1.22 bits per heavy atom. The fraction of sp³-hybridized carbons (Fsp3) is 0.211. The summed E-state index contributed by atoms with van der Waals surface area (Å²) in [5, 5.41) is 12.6. The Balaban J connectivity index is 1.53. The normalized spacial score (nSPS) is 10.8. The third-order valence-corrected chi connectivity index (χ3v) is 5.26.